The van der Waals surface area contributed by atoms with Crippen LogP contribution in [0.15, 0.2) is 65.5 Å². The lowest BCUT2D eigenvalue weighted by atomic mass is 10.1. The third kappa shape index (κ3) is 3.54. The summed E-state index contributed by atoms with van der Waals surface area (Å²) in [6, 6.07) is 20.9. The van der Waals surface area contributed by atoms with E-state index in [-0.39, 0.29) is 5.56 Å². The second-order valence-electron chi connectivity index (χ2n) is 8.72. The van der Waals surface area contributed by atoms with E-state index in [1.807, 2.05) is 67.6 Å². The Morgan fingerprint density at radius 3 is 2.46 bits per heavy atom. The Kier molecular flexibility index (Phi) is 5.09. The summed E-state index contributed by atoms with van der Waals surface area (Å²) in [4.78, 5) is 19.6. The monoisotopic (exact) mass is 487 g/mol. The zero-order chi connectivity index (χ0) is 25.7. The Morgan fingerprint density at radius 2 is 1.73 bits per heavy atom. The van der Waals surface area contributed by atoms with Crippen molar-refractivity contribution in [3.63, 3.8) is 0 Å². The molecule has 0 aliphatic heterocycles. The molecule has 0 unspecified atom stereocenters. The van der Waals surface area contributed by atoms with Crippen LogP contribution in [0, 0.1) is 25.2 Å². The molecule has 180 valence electrons. The van der Waals surface area contributed by atoms with Gasteiger partial charge in [-0.2, -0.15) is 10.1 Å². The van der Waals surface area contributed by atoms with Gasteiger partial charge in [0.25, 0.3) is 5.56 Å². The molecule has 3 aromatic carbocycles. The van der Waals surface area contributed by atoms with E-state index in [4.69, 9.17) is 4.74 Å². The molecule has 37 heavy (non-hydrogen) atoms. The maximum absolute atomic E-state index is 13.5. The van der Waals surface area contributed by atoms with Crippen LogP contribution in [-0.4, -0.2) is 31.5 Å². The van der Waals surface area contributed by atoms with Crippen LogP contribution >= 0.6 is 0 Å². The van der Waals surface area contributed by atoms with E-state index in [1.54, 1.807) is 25.0 Å². The van der Waals surface area contributed by atoms with Crippen LogP contribution in [0.2, 0.25) is 0 Å². The minimum atomic E-state index is -0.239. The summed E-state index contributed by atoms with van der Waals surface area (Å²) in [5.41, 5.74) is 6.39. The summed E-state index contributed by atoms with van der Waals surface area (Å²) in [6.07, 6.45) is 1.65. The molecule has 6 aromatic rings. The Morgan fingerprint density at radius 1 is 1.00 bits per heavy atom. The topological polar surface area (TPSA) is 110 Å². The van der Waals surface area contributed by atoms with E-state index in [0.29, 0.717) is 38.5 Å². The third-order valence-corrected chi connectivity index (χ3v) is 6.51. The molecule has 0 bridgehead atoms. The SMILES string of the molecule is COc1ccc(-n2nc3cc(C)c(N/C=c4\c(C)c(C#N)c5nc6ccccc6n5c4=O)cc3n2)cc1. The zero-order valence-corrected chi connectivity index (χ0v) is 20.4. The van der Waals surface area contributed by atoms with Crippen molar-refractivity contribution in [3.05, 3.63) is 92.9 Å². The molecule has 0 atom stereocenters. The van der Waals surface area contributed by atoms with Crippen LogP contribution in [0.25, 0.3) is 39.6 Å². The largest absolute Gasteiger partial charge is 0.497 e. The fraction of sp³-hybridized carbons (Fsp3) is 0.107. The molecule has 0 radical (unpaired) electrons. The van der Waals surface area contributed by atoms with Crippen LogP contribution in [0.4, 0.5) is 5.69 Å². The quantitative estimate of drug-likeness (QED) is 0.404. The van der Waals surface area contributed by atoms with Crippen LogP contribution in [0.1, 0.15) is 16.7 Å². The van der Waals surface area contributed by atoms with Crippen LogP contribution in [0.3, 0.4) is 0 Å². The highest BCUT2D eigenvalue weighted by Crippen LogP contribution is 2.23. The number of hydrogen-bond acceptors (Lipinski definition) is 7. The fourth-order valence-electron chi connectivity index (χ4n) is 4.49. The van der Waals surface area contributed by atoms with Crippen molar-refractivity contribution in [1.29, 1.82) is 5.26 Å². The minimum Gasteiger partial charge on any atom is -0.497 e. The van der Waals surface area contributed by atoms with Crippen LogP contribution in [-0.2, 0) is 0 Å². The number of anilines is 1. The van der Waals surface area contributed by atoms with Gasteiger partial charge in [0.15, 0.2) is 5.65 Å². The van der Waals surface area contributed by atoms with Crippen molar-refractivity contribution < 1.29 is 4.74 Å². The fourth-order valence-corrected chi connectivity index (χ4v) is 4.49. The van der Waals surface area contributed by atoms with Gasteiger partial charge < -0.3 is 10.1 Å². The number of pyridine rings is 1. The van der Waals surface area contributed by atoms with Gasteiger partial charge in [-0.15, -0.1) is 10.2 Å². The van der Waals surface area contributed by atoms with Gasteiger partial charge in [-0.3, -0.25) is 9.20 Å². The molecular formula is C28H21N7O2. The highest BCUT2D eigenvalue weighted by atomic mass is 16.5. The van der Waals surface area contributed by atoms with E-state index in [2.05, 4.69) is 26.6 Å². The number of hydrogen-bond donors (Lipinski definition) is 1. The molecule has 0 aliphatic carbocycles. The lowest BCUT2D eigenvalue weighted by Gasteiger charge is -2.06. The van der Waals surface area contributed by atoms with Gasteiger partial charge in [0.2, 0.25) is 0 Å². The highest BCUT2D eigenvalue weighted by molar-refractivity contribution is 5.84. The Bertz CT molecular complexity index is 2000. The number of nitrogens with zero attached hydrogens (tertiary/aromatic N) is 6. The average molecular weight is 488 g/mol. The van der Waals surface area contributed by atoms with Crippen LogP contribution < -0.4 is 20.8 Å². The number of ether oxygens (including phenoxy) is 1. The summed E-state index contributed by atoms with van der Waals surface area (Å²) in [5, 5.41) is 22.7. The number of benzene rings is 3. The van der Waals surface area contributed by atoms with E-state index >= 15 is 0 Å². The van der Waals surface area contributed by atoms with Crippen molar-refractivity contribution in [2.24, 2.45) is 0 Å². The van der Waals surface area contributed by atoms with Gasteiger partial charge in [-0.05, 0) is 73.5 Å². The molecule has 3 heterocycles. The summed E-state index contributed by atoms with van der Waals surface area (Å²) in [5.74, 6) is 0.757. The molecule has 0 amide bonds. The maximum atomic E-state index is 13.5. The third-order valence-electron chi connectivity index (χ3n) is 6.51. The lowest BCUT2D eigenvalue weighted by Crippen LogP contribution is -2.34. The molecule has 0 spiro atoms. The van der Waals surface area contributed by atoms with E-state index < -0.39 is 0 Å². The Hall–Kier alpha value is -5.23. The van der Waals surface area contributed by atoms with Crippen molar-refractivity contribution >= 4 is 39.6 Å². The number of para-hydroxylation sites is 2. The van der Waals surface area contributed by atoms with Crippen molar-refractivity contribution in [2.75, 3.05) is 12.4 Å². The predicted octanol–water partition coefficient (Wildman–Crippen LogP) is 3.65. The second kappa shape index (κ2) is 8.46. The van der Waals surface area contributed by atoms with Gasteiger partial charge in [-0.25, -0.2) is 4.98 Å². The molecule has 0 aliphatic rings. The molecule has 6 rings (SSSR count). The molecule has 0 saturated heterocycles. The molecule has 9 heteroatoms. The number of aryl methyl sites for hydroxylation is 1. The maximum Gasteiger partial charge on any atom is 0.265 e. The first-order valence-corrected chi connectivity index (χ1v) is 11.6. The minimum absolute atomic E-state index is 0.239. The number of nitrogens with one attached hydrogen (secondary N) is 1. The van der Waals surface area contributed by atoms with Gasteiger partial charge in [0.1, 0.15) is 22.9 Å². The lowest BCUT2D eigenvalue weighted by molar-refractivity contribution is 0.414. The summed E-state index contributed by atoms with van der Waals surface area (Å²) < 4.78 is 6.73. The molecular weight excluding hydrogens is 466 g/mol. The Balaban J connectivity index is 1.45. The van der Waals surface area contributed by atoms with Gasteiger partial charge in [0.05, 0.1) is 34.6 Å². The molecule has 1 N–H and O–H groups in total. The summed E-state index contributed by atoms with van der Waals surface area (Å²) in [7, 11) is 1.62. The van der Waals surface area contributed by atoms with E-state index in [0.717, 1.165) is 28.2 Å². The van der Waals surface area contributed by atoms with Crippen molar-refractivity contribution in [3.8, 4) is 17.5 Å². The first-order valence-electron chi connectivity index (χ1n) is 11.6. The molecule has 3 aromatic heterocycles. The standard InChI is InChI=1S/C28H21N7O2/c1-16-12-24-25(33-35(32-24)18-8-10-19(37-3)11-9-18)13-23(16)30-15-21-17(2)20(14-29)27-31-22-6-4-5-7-26(22)34(27)28(21)36/h4-13,15,30H,1-3H3/b21-15+. The van der Waals surface area contributed by atoms with Gasteiger partial charge in [0, 0.05) is 11.9 Å². The molecule has 9 nitrogen and oxygen atoms in total. The number of fused-ring (bicyclic) bond motifs is 4. The molecule has 0 saturated carbocycles. The predicted molar refractivity (Wildman–Crippen MR) is 142 cm³/mol. The number of aromatic nitrogens is 5. The Labute approximate surface area is 210 Å². The average Bonchev–Trinajstić information content (AvgIpc) is 3.50. The van der Waals surface area contributed by atoms with Crippen LogP contribution in [0.5, 0.6) is 5.75 Å². The first-order chi connectivity index (χ1) is 18.0. The van der Waals surface area contributed by atoms with E-state index in [1.165, 1.54) is 4.40 Å². The number of nitriles is 1. The number of methoxy groups -OCH3 is 1. The number of rotatable bonds is 4. The first kappa shape index (κ1) is 22.2. The van der Waals surface area contributed by atoms with Crippen molar-refractivity contribution in [2.45, 2.75) is 13.8 Å². The van der Waals surface area contributed by atoms with E-state index in [9.17, 15) is 10.1 Å². The molecule has 0 fully saturated rings. The van der Waals surface area contributed by atoms with Crippen molar-refractivity contribution in [1.82, 2.24) is 24.4 Å². The second-order valence-corrected chi connectivity index (χ2v) is 8.72. The number of imidazole rings is 1. The van der Waals surface area contributed by atoms with Gasteiger partial charge in [-0.1, -0.05) is 12.1 Å². The normalized spacial score (nSPS) is 11.9. The van der Waals surface area contributed by atoms with Gasteiger partial charge >= 0.3 is 0 Å². The smallest absolute Gasteiger partial charge is 0.265 e. The summed E-state index contributed by atoms with van der Waals surface area (Å²) >= 11 is 0. The zero-order valence-electron chi connectivity index (χ0n) is 20.4. The highest BCUT2D eigenvalue weighted by Gasteiger charge is 2.16. The summed E-state index contributed by atoms with van der Waals surface area (Å²) in [6.45, 7) is 3.73.